The summed E-state index contributed by atoms with van der Waals surface area (Å²) >= 11 is 19.3. The molecule has 0 heterocycles. The minimum Gasteiger partial charge on any atom is -0.332 e. The molecule has 36 heavy (non-hydrogen) atoms. The zero-order valence-corrected chi connectivity index (χ0v) is 22.4. The van der Waals surface area contributed by atoms with E-state index in [9.17, 15) is 4.79 Å². The zero-order valence-electron chi connectivity index (χ0n) is 19.3. The van der Waals surface area contributed by atoms with Gasteiger partial charge in [-0.05, 0) is 73.2 Å². The molecule has 182 valence electrons. The summed E-state index contributed by atoms with van der Waals surface area (Å²) in [5, 5.41) is 10.2. The van der Waals surface area contributed by atoms with Gasteiger partial charge in [-0.2, -0.15) is 0 Å². The molecule has 0 aliphatic heterocycles. The second-order valence-electron chi connectivity index (χ2n) is 7.99. The highest BCUT2D eigenvalue weighted by Gasteiger charge is 2.23. The van der Waals surface area contributed by atoms with Crippen LogP contribution < -0.4 is 16.0 Å². The monoisotopic (exact) mass is 551 g/mol. The summed E-state index contributed by atoms with van der Waals surface area (Å²) in [7, 11) is 0. The van der Waals surface area contributed by atoms with Gasteiger partial charge in [0, 0.05) is 21.3 Å². The Bertz CT molecular complexity index is 1370. The number of rotatable bonds is 7. The van der Waals surface area contributed by atoms with Crippen LogP contribution in [0.15, 0.2) is 102 Å². The van der Waals surface area contributed by atoms with Crippen LogP contribution in [0.25, 0.3) is 0 Å². The molecule has 4 aromatic rings. The number of anilines is 3. The summed E-state index contributed by atoms with van der Waals surface area (Å²) in [6, 6.07) is 30.4. The number of carbonyl (C=O) groups is 1. The summed E-state index contributed by atoms with van der Waals surface area (Å²) in [5.74, 6) is -0.203. The second kappa shape index (κ2) is 12.3. The first kappa shape index (κ1) is 26.0. The number of benzene rings is 4. The molecular weight excluding hydrogens is 529 g/mol. The van der Waals surface area contributed by atoms with Gasteiger partial charge in [0.15, 0.2) is 5.11 Å². The molecule has 8 heteroatoms. The molecule has 0 aliphatic carbocycles. The third-order valence-corrected chi connectivity index (χ3v) is 7.20. The fraction of sp³-hybridized carbons (Fsp3) is 0.0714. The molecule has 0 aromatic heterocycles. The van der Waals surface area contributed by atoms with E-state index in [0.29, 0.717) is 20.8 Å². The van der Waals surface area contributed by atoms with Gasteiger partial charge in [0.1, 0.15) is 5.25 Å². The molecule has 0 fully saturated rings. The summed E-state index contributed by atoms with van der Waals surface area (Å²) < 4.78 is 0. The standard InChI is InChI=1S/C28H23Cl2N3OS2/c1-18-10-13-21(14-11-18)31-28(35)32-22-8-5-9-23(17-22)36-26(19-6-3-2-4-7-19)27(34)33-25-16-20(29)12-15-24(25)30/h2-17,26H,1H3,(H,33,34)(H2,31,32,35). The maximum atomic E-state index is 13.4. The van der Waals surface area contributed by atoms with Crippen molar-refractivity contribution in [2.75, 3.05) is 16.0 Å². The van der Waals surface area contributed by atoms with E-state index in [0.717, 1.165) is 21.8 Å². The van der Waals surface area contributed by atoms with E-state index < -0.39 is 5.25 Å². The van der Waals surface area contributed by atoms with Gasteiger partial charge in [0.2, 0.25) is 5.91 Å². The molecule has 0 saturated heterocycles. The Kier molecular flexibility index (Phi) is 8.88. The fourth-order valence-electron chi connectivity index (χ4n) is 3.41. The fourth-order valence-corrected chi connectivity index (χ4v) is 5.06. The maximum absolute atomic E-state index is 13.4. The number of hydrogen-bond donors (Lipinski definition) is 3. The number of aryl methyl sites for hydroxylation is 1. The van der Waals surface area contributed by atoms with E-state index in [4.69, 9.17) is 35.4 Å². The first-order valence-electron chi connectivity index (χ1n) is 11.1. The van der Waals surface area contributed by atoms with Crippen LogP contribution in [0.4, 0.5) is 17.1 Å². The van der Waals surface area contributed by atoms with Gasteiger partial charge >= 0.3 is 0 Å². The molecule has 0 bridgehead atoms. The first-order chi connectivity index (χ1) is 17.4. The molecule has 4 rings (SSSR count). The lowest BCUT2D eigenvalue weighted by atomic mass is 10.1. The molecule has 3 N–H and O–H groups in total. The molecule has 4 aromatic carbocycles. The number of hydrogen-bond acceptors (Lipinski definition) is 3. The molecule has 1 atom stereocenters. The number of nitrogens with one attached hydrogen (secondary N) is 3. The lowest BCUT2D eigenvalue weighted by Gasteiger charge is -2.18. The lowest BCUT2D eigenvalue weighted by molar-refractivity contribution is -0.115. The third-order valence-electron chi connectivity index (χ3n) is 5.18. The summed E-state index contributed by atoms with van der Waals surface area (Å²) in [6.07, 6.45) is 0. The zero-order chi connectivity index (χ0) is 25.5. The number of thiocarbonyl (C=S) groups is 1. The SMILES string of the molecule is Cc1ccc(NC(=S)Nc2cccc(SC(C(=O)Nc3cc(Cl)ccc3Cl)c3ccccc3)c2)cc1. The minimum atomic E-state index is -0.519. The van der Waals surface area contributed by atoms with E-state index >= 15 is 0 Å². The van der Waals surface area contributed by atoms with Crippen LogP contribution in [0.1, 0.15) is 16.4 Å². The minimum absolute atomic E-state index is 0.203. The smallest absolute Gasteiger partial charge is 0.242 e. The van der Waals surface area contributed by atoms with Crippen molar-refractivity contribution in [1.29, 1.82) is 0 Å². The van der Waals surface area contributed by atoms with Crippen molar-refractivity contribution in [3.05, 3.63) is 118 Å². The molecule has 0 saturated carbocycles. The number of thioether (sulfide) groups is 1. The van der Waals surface area contributed by atoms with Crippen molar-refractivity contribution in [2.45, 2.75) is 17.1 Å². The Morgan fingerprint density at radius 2 is 1.53 bits per heavy atom. The predicted molar refractivity (Wildman–Crippen MR) is 158 cm³/mol. The number of halogens is 2. The van der Waals surface area contributed by atoms with Crippen molar-refractivity contribution in [2.24, 2.45) is 0 Å². The van der Waals surface area contributed by atoms with E-state index in [2.05, 4.69) is 16.0 Å². The summed E-state index contributed by atoms with van der Waals surface area (Å²) in [4.78, 5) is 14.3. The van der Waals surface area contributed by atoms with Gasteiger partial charge in [-0.15, -0.1) is 11.8 Å². The molecule has 0 radical (unpaired) electrons. The van der Waals surface area contributed by atoms with Crippen LogP contribution in [0.5, 0.6) is 0 Å². The predicted octanol–water partition coefficient (Wildman–Crippen LogP) is 8.58. The van der Waals surface area contributed by atoms with Crippen molar-refractivity contribution in [3.63, 3.8) is 0 Å². The van der Waals surface area contributed by atoms with E-state index in [1.54, 1.807) is 18.2 Å². The van der Waals surface area contributed by atoms with Crippen LogP contribution in [-0.2, 0) is 4.79 Å². The first-order valence-corrected chi connectivity index (χ1v) is 13.1. The third kappa shape index (κ3) is 7.24. The van der Waals surface area contributed by atoms with Gasteiger partial charge in [0.05, 0.1) is 10.7 Å². The molecule has 4 nitrogen and oxygen atoms in total. The topological polar surface area (TPSA) is 53.2 Å². The van der Waals surface area contributed by atoms with E-state index in [1.807, 2.05) is 85.8 Å². The Morgan fingerprint density at radius 1 is 0.806 bits per heavy atom. The molecule has 1 amide bonds. The van der Waals surface area contributed by atoms with Crippen LogP contribution in [0.3, 0.4) is 0 Å². The average Bonchev–Trinajstić information content (AvgIpc) is 2.87. The van der Waals surface area contributed by atoms with Crippen molar-refractivity contribution >= 4 is 75.3 Å². The van der Waals surface area contributed by atoms with Gasteiger partial charge < -0.3 is 16.0 Å². The van der Waals surface area contributed by atoms with E-state index in [-0.39, 0.29) is 5.91 Å². The Morgan fingerprint density at radius 3 is 2.28 bits per heavy atom. The van der Waals surface area contributed by atoms with Gasteiger partial charge in [-0.3, -0.25) is 4.79 Å². The molecule has 1 unspecified atom stereocenters. The van der Waals surface area contributed by atoms with Gasteiger partial charge in [-0.1, -0.05) is 77.3 Å². The number of carbonyl (C=O) groups excluding carboxylic acids is 1. The Hall–Kier alpha value is -3.03. The average molecular weight is 553 g/mol. The highest BCUT2D eigenvalue weighted by Crippen LogP contribution is 2.38. The molecule has 0 aliphatic rings. The Balaban J connectivity index is 1.50. The highest BCUT2D eigenvalue weighted by atomic mass is 35.5. The van der Waals surface area contributed by atoms with Crippen molar-refractivity contribution in [1.82, 2.24) is 0 Å². The van der Waals surface area contributed by atoms with Gasteiger partial charge in [-0.25, -0.2) is 0 Å². The normalized spacial score (nSPS) is 11.4. The highest BCUT2D eigenvalue weighted by molar-refractivity contribution is 8.00. The molecule has 0 spiro atoms. The lowest BCUT2D eigenvalue weighted by Crippen LogP contribution is -2.20. The van der Waals surface area contributed by atoms with E-state index in [1.165, 1.54) is 17.3 Å². The number of amides is 1. The van der Waals surface area contributed by atoms with Crippen molar-refractivity contribution in [3.8, 4) is 0 Å². The summed E-state index contributed by atoms with van der Waals surface area (Å²) in [6.45, 7) is 2.04. The quantitative estimate of drug-likeness (QED) is 0.158. The maximum Gasteiger partial charge on any atom is 0.242 e. The van der Waals surface area contributed by atoms with Crippen LogP contribution in [0, 0.1) is 6.92 Å². The largest absolute Gasteiger partial charge is 0.332 e. The molecular formula is C28H23Cl2N3OS2. The Labute approximate surface area is 230 Å². The van der Waals surface area contributed by atoms with Crippen LogP contribution >= 0.6 is 47.2 Å². The van der Waals surface area contributed by atoms with Crippen molar-refractivity contribution < 1.29 is 4.79 Å². The van der Waals surface area contributed by atoms with Crippen LogP contribution in [0.2, 0.25) is 10.0 Å². The van der Waals surface area contributed by atoms with Crippen LogP contribution in [-0.4, -0.2) is 11.0 Å². The van der Waals surface area contributed by atoms with Gasteiger partial charge in [0.25, 0.3) is 0 Å². The summed E-state index contributed by atoms with van der Waals surface area (Å²) in [5.41, 5.74) is 4.24. The second-order valence-corrected chi connectivity index (χ2v) is 10.4.